The van der Waals surface area contributed by atoms with Gasteiger partial charge in [0.2, 0.25) is 5.89 Å². The van der Waals surface area contributed by atoms with Crippen LogP contribution in [0.4, 0.5) is 0 Å². The van der Waals surface area contributed by atoms with Crippen LogP contribution in [0.15, 0.2) is 62.4 Å². The Kier molecular flexibility index (Phi) is 6.01. The molecule has 0 amide bonds. The van der Waals surface area contributed by atoms with Gasteiger partial charge in [-0.05, 0) is 32.8 Å². The number of hydrogen-bond donors (Lipinski definition) is 0. The largest absolute Gasteiger partial charge is 0.437 e. The fourth-order valence-electron chi connectivity index (χ4n) is 2.99. The van der Waals surface area contributed by atoms with Gasteiger partial charge in [-0.2, -0.15) is 4.68 Å². The quantitative estimate of drug-likeness (QED) is 0.574. The van der Waals surface area contributed by atoms with Gasteiger partial charge >= 0.3 is 5.76 Å². The van der Waals surface area contributed by atoms with Crippen molar-refractivity contribution in [2.45, 2.75) is 40.3 Å². The molecule has 1 aromatic carbocycles. The number of rotatable bonds is 7. The van der Waals surface area contributed by atoms with E-state index in [1.54, 1.807) is 13.8 Å². The van der Waals surface area contributed by atoms with Crippen LogP contribution in [0.3, 0.4) is 0 Å². The van der Waals surface area contributed by atoms with Gasteiger partial charge in [0, 0.05) is 6.20 Å². The average Bonchev–Trinajstić information content (AvgIpc) is 3.03. The molecule has 150 valence electrons. The molecule has 0 fully saturated rings. The summed E-state index contributed by atoms with van der Waals surface area (Å²) in [5, 5.41) is 4.22. The summed E-state index contributed by atoms with van der Waals surface area (Å²) in [5.74, 6) is -0.402. The molecule has 0 unspecified atom stereocenters. The summed E-state index contributed by atoms with van der Waals surface area (Å²) in [7, 11) is 0. The molecule has 2 aromatic heterocycles. The molecule has 8 nitrogen and oxygen atoms in total. The molecule has 0 N–H and O–H groups in total. The Labute approximate surface area is 167 Å². The van der Waals surface area contributed by atoms with E-state index in [-0.39, 0.29) is 18.0 Å². The first-order valence-corrected chi connectivity index (χ1v) is 9.23. The van der Waals surface area contributed by atoms with Crippen molar-refractivity contribution < 1.29 is 4.42 Å². The molecule has 3 rings (SSSR count). The third kappa shape index (κ3) is 4.66. The van der Waals surface area contributed by atoms with E-state index in [2.05, 4.69) is 21.7 Å². The minimum absolute atomic E-state index is 0.00720. The smallest absolute Gasteiger partial charge is 0.390 e. The van der Waals surface area contributed by atoms with E-state index in [9.17, 15) is 9.59 Å². The van der Waals surface area contributed by atoms with Crippen LogP contribution in [-0.2, 0) is 19.5 Å². The molecule has 0 radical (unpaired) electrons. The van der Waals surface area contributed by atoms with Gasteiger partial charge in [0.05, 0.1) is 29.8 Å². The van der Waals surface area contributed by atoms with Crippen molar-refractivity contribution in [3.05, 3.63) is 92.6 Å². The lowest BCUT2D eigenvalue weighted by atomic mass is 10.1. The van der Waals surface area contributed by atoms with Crippen molar-refractivity contribution in [1.29, 1.82) is 0 Å². The van der Waals surface area contributed by atoms with Crippen molar-refractivity contribution >= 4 is 5.71 Å². The maximum atomic E-state index is 12.8. The van der Waals surface area contributed by atoms with Gasteiger partial charge in [-0.3, -0.25) is 14.4 Å². The highest BCUT2D eigenvalue weighted by atomic mass is 16.4. The van der Waals surface area contributed by atoms with Gasteiger partial charge < -0.3 is 4.42 Å². The molecule has 0 spiro atoms. The molecule has 29 heavy (non-hydrogen) atoms. The lowest BCUT2D eigenvalue weighted by Crippen LogP contribution is -2.28. The zero-order valence-corrected chi connectivity index (χ0v) is 16.8. The summed E-state index contributed by atoms with van der Waals surface area (Å²) < 4.78 is 7.84. The first-order chi connectivity index (χ1) is 13.9. The van der Waals surface area contributed by atoms with E-state index in [0.717, 1.165) is 5.56 Å². The second-order valence-corrected chi connectivity index (χ2v) is 6.76. The first kappa shape index (κ1) is 20.2. The number of aromatic nitrogens is 4. The van der Waals surface area contributed by atoms with Crippen LogP contribution < -0.4 is 11.3 Å². The van der Waals surface area contributed by atoms with Crippen LogP contribution in [0.1, 0.15) is 35.2 Å². The molecule has 0 aliphatic rings. The first-order valence-electron chi connectivity index (χ1n) is 9.23. The molecular weight excluding hydrogens is 370 g/mol. The Morgan fingerprint density at radius 2 is 1.97 bits per heavy atom. The summed E-state index contributed by atoms with van der Waals surface area (Å²) in [6.07, 6.45) is 3.44. The third-order valence-electron chi connectivity index (χ3n) is 4.56. The third-order valence-corrected chi connectivity index (χ3v) is 4.56. The summed E-state index contributed by atoms with van der Waals surface area (Å²) in [5.41, 5.74) is 3.49. The average molecular weight is 393 g/mol. The maximum Gasteiger partial charge on any atom is 0.437 e. The molecule has 0 bridgehead atoms. The van der Waals surface area contributed by atoms with E-state index < -0.39 is 5.76 Å². The minimum Gasteiger partial charge on any atom is -0.390 e. The Bertz CT molecular complexity index is 1170. The molecule has 0 atom stereocenters. The van der Waals surface area contributed by atoms with Gasteiger partial charge in [0.25, 0.3) is 5.56 Å². The summed E-state index contributed by atoms with van der Waals surface area (Å²) in [6.45, 7) is 9.43. The molecule has 2 heterocycles. The minimum atomic E-state index is -0.551. The Balaban J connectivity index is 1.80. The number of nitrogens with zero attached hydrogens (tertiary/aromatic N) is 5. The van der Waals surface area contributed by atoms with Crippen molar-refractivity contribution in [3.8, 4) is 0 Å². The Morgan fingerprint density at radius 1 is 1.24 bits per heavy atom. The topological polar surface area (TPSA) is 95.3 Å². The molecule has 8 heteroatoms. The van der Waals surface area contributed by atoms with Crippen LogP contribution >= 0.6 is 0 Å². The van der Waals surface area contributed by atoms with Crippen LogP contribution in [0.25, 0.3) is 0 Å². The standard InChI is InChI=1S/C21H23N5O3/c1-5-22-15(3)19-16(4)23-13-25(20(19)27)12-18-24-26(21(28)29-18)11-10-17-8-6-14(2)7-9-17/h5-9,13H,1,10-12H2,2-4H3/b22-15-. The molecule has 3 aromatic rings. The van der Waals surface area contributed by atoms with Gasteiger partial charge in [-0.1, -0.05) is 36.4 Å². The van der Waals surface area contributed by atoms with E-state index in [1.165, 1.54) is 27.3 Å². The van der Waals surface area contributed by atoms with Gasteiger partial charge in [0.15, 0.2) is 0 Å². The van der Waals surface area contributed by atoms with Crippen LogP contribution in [0, 0.1) is 13.8 Å². The zero-order valence-electron chi connectivity index (χ0n) is 16.8. The van der Waals surface area contributed by atoms with Crippen molar-refractivity contribution in [1.82, 2.24) is 19.3 Å². The highest BCUT2D eigenvalue weighted by molar-refractivity contribution is 5.99. The number of aryl methyl sites for hydroxylation is 4. The molecule has 0 aliphatic heterocycles. The fraction of sp³-hybridized carbons (Fsp3) is 0.286. The van der Waals surface area contributed by atoms with Gasteiger partial charge in [0.1, 0.15) is 6.54 Å². The number of benzene rings is 1. The lowest BCUT2D eigenvalue weighted by Gasteiger charge is -2.07. The van der Waals surface area contributed by atoms with Crippen LogP contribution in [-0.4, -0.2) is 25.0 Å². The molecular formula is C21H23N5O3. The van der Waals surface area contributed by atoms with E-state index in [0.29, 0.717) is 29.9 Å². The summed E-state index contributed by atoms with van der Waals surface area (Å²) in [4.78, 5) is 33.2. The highest BCUT2D eigenvalue weighted by Crippen LogP contribution is 2.05. The van der Waals surface area contributed by atoms with Crippen LogP contribution in [0.2, 0.25) is 0 Å². The maximum absolute atomic E-state index is 12.8. The highest BCUT2D eigenvalue weighted by Gasteiger charge is 2.14. The van der Waals surface area contributed by atoms with Crippen molar-refractivity contribution in [3.63, 3.8) is 0 Å². The van der Waals surface area contributed by atoms with E-state index >= 15 is 0 Å². The second-order valence-electron chi connectivity index (χ2n) is 6.76. The predicted molar refractivity (Wildman–Crippen MR) is 110 cm³/mol. The SMILES string of the molecule is C=C/N=C(/C)c1c(C)ncn(Cc2nn(CCc3ccc(C)cc3)c(=O)o2)c1=O. The van der Waals surface area contributed by atoms with E-state index in [4.69, 9.17) is 4.42 Å². The van der Waals surface area contributed by atoms with Gasteiger partial charge in [-0.25, -0.2) is 9.78 Å². The van der Waals surface area contributed by atoms with E-state index in [1.807, 2.05) is 31.2 Å². The lowest BCUT2D eigenvalue weighted by molar-refractivity contribution is 0.433. The van der Waals surface area contributed by atoms with Gasteiger partial charge in [-0.15, -0.1) is 5.10 Å². The monoisotopic (exact) mass is 393 g/mol. The molecule has 0 saturated carbocycles. The summed E-state index contributed by atoms with van der Waals surface area (Å²) in [6, 6.07) is 8.10. The van der Waals surface area contributed by atoms with Crippen LogP contribution in [0.5, 0.6) is 0 Å². The molecule has 0 aliphatic carbocycles. The second kappa shape index (κ2) is 8.64. The normalized spacial score (nSPS) is 11.6. The summed E-state index contributed by atoms with van der Waals surface area (Å²) >= 11 is 0. The Hall–Kier alpha value is -3.55. The van der Waals surface area contributed by atoms with Crippen molar-refractivity contribution in [2.75, 3.05) is 0 Å². The number of hydrogen-bond acceptors (Lipinski definition) is 6. The fourth-order valence-corrected chi connectivity index (χ4v) is 2.99. The Morgan fingerprint density at radius 3 is 2.66 bits per heavy atom. The van der Waals surface area contributed by atoms with Crippen molar-refractivity contribution in [2.24, 2.45) is 4.99 Å². The number of aliphatic imine (C=N–C) groups is 1. The molecule has 0 saturated heterocycles. The predicted octanol–water partition coefficient (Wildman–Crippen LogP) is 2.25. The zero-order chi connectivity index (χ0) is 21.0.